The van der Waals surface area contributed by atoms with Crippen LogP contribution in [0.15, 0.2) is 36.4 Å². The summed E-state index contributed by atoms with van der Waals surface area (Å²) in [6, 6.07) is 8.57. The van der Waals surface area contributed by atoms with Crippen molar-refractivity contribution in [1.82, 2.24) is 0 Å². The third-order valence-corrected chi connectivity index (χ3v) is 2.86. The van der Waals surface area contributed by atoms with Gasteiger partial charge in [0.15, 0.2) is 0 Å². The first-order valence-electron chi connectivity index (χ1n) is 5.65. The minimum Gasteiger partial charge on any atom is -0.495 e. The SMILES string of the molecule is COc1cc(N(C)c2cccc(F)c2)c(F)cc1N. The number of methoxy groups -OCH3 is 1. The van der Waals surface area contributed by atoms with E-state index < -0.39 is 5.82 Å². The third-order valence-electron chi connectivity index (χ3n) is 2.86. The van der Waals surface area contributed by atoms with Crippen LogP contribution in [0.1, 0.15) is 0 Å². The van der Waals surface area contributed by atoms with E-state index in [0.29, 0.717) is 11.4 Å². The molecule has 2 aromatic rings. The number of hydrogen-bond donors (Lipinski definition) is 1. The summed E-state index contributed by atoms with van der Waals surface area (Å²) in [5.74, 6) is -0.503. The highest BCUT2D eigenvalue weighted by Gasteiger charge is 2.13. The zero-order valence-electron chi connectivity index (χ0n) is 10.7. The van der Waals surface area contributed by atoms with Crippen LogP contribution in [0.2, 0.25) is 0 Å². The van der Waals surface area contributed by atoms with E-state index in [0.717, 1.165) is 0 Å². The molecule has 0 saturated heterocycles. The number of anilines is 3. The molecule has 5 heteroatoms. The average Bonchev–Trinajstić information content (AvgIpc) is 2.38. The molecule has 0 heterocycles. The summed E-state index contributed by atoms with van der Waals surface area (Å²) in [7, 11) is 3.10. The van der Waals surface area contributed by atoms with Crippen LogP contribution in [0.3, 0.4) is 0 Å². The lowest BCUT2D eigenvalue weighted by molar-refractivity contribution is 0.416. The molecule has 2 N–H and O–H groups in total. The minimum atomic E-state index is -0.495. The Labute approximate surface area is 110 Å². The monoisotopic (exact) mass is 264 g/mol. The number of hydrogen-bond acceptors (Lipinski definition) is 3. The molecule has 0 amide bonds. The van der Waals surface area contributed by atoms with Crippen LogP contribution in [-0.4, -0.2) is 14.2 Å². The Balaban J connectivity index is 2.46. The zero-order valence-corrected chi connectivity index (χ0v) is 10.7. The molecule has 0 unspecified atom stereocenters. The van der Waals surface area contributed by atoms with Crippen LogP contribution < -0.4 is 15.4 Å². The molecule has 0 aliphatic carbocycles. The Morgan fingerprint density at radius 3 is 2.53 bits per heavy atom. The molecule has 0 aliphatic heterocycles. The first kappa shape index (κ1) is 13.1. The maximum atomic E-state index is 13.9. The summed E-state index contributed by atoms with van der Waals surface area (Å²) >= 11 is 0. The van der Waals surface area contributed by atoms with Crippen LogP contribution in [0.25, 0.3) is 0 Å². The van der Waals surface area contributed by atoms with E-state index in [1.807, 2.05) is 0 Å². The summed E-state index contributed by atoms with van der Waals surface area (Å²) in [5, 5.41) is 0. The van der Waals surface area contributed by atoms with Gasteiger partial charge in [0.2, 0.25) is 0 Å². The topological polar surface area (TPSA) is 38.5 Å². The van der Waals surface area contributed by atoms with Gasteiger partial charge in [-0.05, 0) is 18.2 Å². The fraction of sp³-hybridized carbons (Fsp3) is 0.143. The Hall–Kier alpha value is -2.30. The summed E-state index contributed by atoms with van der Waals surface area (Å²) < 4.78 is 32.2. The Bertz CT molecular complexity index is 602. The molecule has 0 bridgehead atoms. The maximum Gasteiger partial charge on any atom is 0.149 e. The molecule has 0 spiro atoms. The number of halogens is 2. The normalized spacial score (nSPS) is 10.3. The van der Waals surface area contributed by atoms with Crippen molar-refractivity contribution in [2.45, 2.75) is 0 Å². The molecule has 0 saturated carbocycles. The molecule has 0 fully saturated rings. The molecule has 2 aromatic carbocycles. The van der Waals surface area contributed by atoms with Crippen molar-refractivity contribution in [2.24, 2.45) is 0 Å². The van der Waals surface area contributed by atoms with Gasteiger partial charge in [0, 0.05) is 24.9 Å². The lowest BCUT2D eigenvalue weighted by Crippen LogP contribution is -2.12. The highest BCUT2D eigenvalue weighted by molar-refractivity contribution is 5.69. The van der Waals surface area contributed by atoms with Gasteiger partial charge in [0.05, 0.1) is 18.5 Å². The summed E-state index contributed by atoms with van der Waals surface area (Å²) in [5.41, 5.74) is 6.63. The van der Waals surface area contributed by atoms with Gasteiger partial charge in [-0.25, -0.2) is 8.78 Å². The quantitative estimate of drug-likeness (QED) is 0.864. The number of nitrogen functional groups attached to an aromatic ring is 1. The van der Waals surface area contributed by atoms with Crippen LogP contribution in [-0.2, 0) is 0 Å². The molecular formula is C14H14F2N2O. The predicted molar refractivity (Wildman–Crippen MR) is 71.8 cm³/mol. The summed E-state index contributed by atoms with van der Waals surface area (Å²) in [6.45, 7) is 0. The van der Waals surface area contributed by atoms with E-state index in [-0.39, 0.29) is 17.2 Å². The van der Waals surface area contributed by atoms with E-state index in [2.05, 4.69) is 0 Å². The fourth-order valence-electron chi connectivity index (χ4n) is 1.82. The Morgan fingerprint density at radius 2 is 1.89 bits per heavy atom. The van der Waals surface area contributed by atoms with E-state index in [4.69, 9.17) is 10.5 Å². The smallest absolute Gasteiger partial charge is 0.149 e. The van der Waals surface area contributed by atoms with Gasteiger partial charge in [0.25, 0.3) is 0 Å². The first-order valence-corrected chi connectivity index (χ1v) is 5.65. The molecular weight excluding hydrogens is 250 g/mol. The van der Waals surface area contributed by atoms with Crippen LogP contribution in [0.4, 0.5) is 25.8 Å². The van der Waals surface area contributed by atoms with Gasteiger partial charge < -0.3 is 15.4 Å². The van der Waals surface area contributed by atoms with E-state index >= 15 is 0 Å². The largest absolute Gasteiger partial charge is 0.495 e. The molecule has 100 valence electrons. The van der Waals surface area contributed by atoms with Gasteiger partial charge in [-0.1, -0.05) is 6.07 Å². The lowest BCUT2D eigenvalue weighted by Gasteiger charge is -2.21. The number of ether oxygens (including phenoxy) is 1. The number of nitrogens with two attached hydrogens (primary N) is 1. The molecule has 2 rings (SSSR count). The van der Waals surface area contributed by atoms with Crippen molar-refractivity contribution in [3.63, 3.8) is 0 Å². The number of benzene rings is 2. The molecule has 0 aromatic heterocycles. The second-order valence-corrected chi connectivity index (χ2v) is 4.08. The zero-order chi connectivity index (χ0) is 14.0. The molecule has 19 heavy (non-hydrogen) atoms. The minimum absolute atomic E-state index is 0.219. The second-order valence-electron chi connectivity index (χ2n) is 4.08. The van der Waals surface area contributed by atoms with Crippen molar-refractivity contribution >= 4 is 17.1 Å². The maximum absolute atomic E-state index is 13.9. The van der Waals surface area contributed by atoms with Gasteiger partial charge in [0.1, 0.15) is 17.4 Å². The molecule has 3 nitrogen and oxygen atoms in total. The third kappa shape index (κ3) is 2.59. The summed E-state index contributed by atoms with van der Waals surface area (Å²) in [4.78, 5) is 1.53. The second kappa shape index (κ2) is 5.14. The predicted octanol–water partition coefficient (Wildman–Crippen LogP) is 3.32. The molecule has 0 atom stereocenters. The fourth-order valence-corrected chi connectivity index (χ4v) is 1.82. The molecule has 0 radical (unpaired) electrons. The van der Waals surface area contributed by atoms with Crippen molar-refractivity contribution < 1.29 is 13.5 Å². The van der Waals surface area contributed by atoms with E-state index in [1.54, 1.807) is 19.2 Å². The van der Waals surface area contributed by atoms with Crippen molar-refractivity contribution in [1.29, 1.82) is 0 Å². The number of rotatable bonds is 3. The Kier molecular flexibility index (Phi) is 3.55. The van der Waals surface area contributed by atoms with Crippen molar-refractivity contribution in [3.05, 3.63) is 48.0 Å². The first-order chi connectivity index (χ1) is 9.02. The van der Waals surface area contributed by atoms with Crippen LogP contribution >= 0.6 is 0 Å². The molecule has 0 aliphatic rings. The highest BCUT2D eigenvalue weighted by Crippen LogP contribution is 2.33. The van der Waals surface area contributed by atoms with Gasteiger partial charge in [-0.3, -0.25) is 0 Å². The van der Waals surface area contributed by atoms with Crippen molar-refractivity contribution in [2.75, 3.05) is 24.8 Å². The summed E-state index contributed by atoms with van der Waals surface area (Å²) in [6.07, 6.45) is 0. The van der Waals surface area contributed by atoms with Gasteiger partial charge in [-0.15, -0.1) is 0 Å². The van der Waals surface area contributed by atoms with Gasteiger partial charge >= 0.3 is 0 Å². The van der Waals surface area contributed by atoms with Crippen LogP contribution in [0, 0.1) is 11.6 Å². The van der Waals surface area contributed by atoms with E-state index in [1.165, 1.54) is 36.3 Å². The highest BCUT2D eigenvalue weighted by atomic mass is 19.1. The lowest BCUT2D eigenvalue weighted by atomic mass is 10.2. The average molecular weight is 264 g/mol. The van der Waals surface area contributed by atoms with E-state index in [9.17, 15) is 8.78 Å². The standard InChI is InChI=1S/C14H14F2N2O/c1-18(10-5-3-4-9(15)6-10)13-8-14(19-2)12(17)7-11(13)16/h3-8H,17H2,1-2H3. The van der Waals surface area contributed by atoms with Gasteiger partial charge in [-0.2, -0.15) is 0 Å². The number of nitrogens with zero attached hydrogens (tertiary/aromatic N) is 1. The Morgan fingerprint density at radius 1 is 1.16 bits per heavy atom. The van der Waals surface area contributed by atoms with Crippen molar-refractivity contribution in [3.8, 4) is 5.75 Å². The van der Waals surface area contributed by atoms with Crippen LogP contribution in [0.5, 0.6) is 5.75 Å².